The highest BCUT2D eigenvalue weighted by Crippen LogP contribution is 2.18. The molecular formula is C20H19N7O. The molecule has 1 N–H and O–H groups in total. The number of anilines is 2. The molecule has 0 bridgehead atoms. The maximum absolute atomic E-state index is 12.3. The number of aromatic nitrogens is 4. The fourth-order valence-electron chi connectivity index (χ4n) is 3.14. The number of carbonyl (C=O) groups is 1. The smallest absolute Gasteiger partial charge is 0.255 e. The molecule has 0 unspecified atom stereocenters. The van der Waals surface area contributed by atoms with Crippen molar-refractivity contribution in [2.75, 3.05) is 23.3 Å². The highest BCUT2D eigenvalue weighted by atomic mass is 16.1. The number of benzene rings is 1. The van der Waals surface area contributed by atoms with E-state index in [9.17, 15) is 4.79 Å². The first-order chi connectivity index (χ1) is 13.7. The van der Waals surface area contributed by atoms with E-state index >= 15 is 0 Å². The van der Waals surface area contributed by atoms with Gasteiger partial charge in [0.1, 0.15) is 0 Å². The zero-order valence-electron chi connectivity index (χ0n) is 15.2. The quantitative estimate of drug-likeness (QED) is 0.755. The summed E-state index contributed by atoms with van der Waals surface area (Å²) < 4.78 is 1.52. The molecule has 3 aromatic rings. The molecule has 0 atom stereocenters. The molecule has 8 nitrogen and oxygen atoms in total. The Balaban J connectivity index is 1.43. The number of hydrogen-bond acceptors (Lipinski definition) is 6. The summed E-state index contributed by atoms with van der Waals surface area (Å²) in [5, 5.41) is 15.8. The molecule has 2 aromatic heterocycles. The van der Waals surface area contributed by atoms with Gasteiger partial charge in [0, 0.05) is 18.7 Å². The third-order valence-electron chi connectivity index (χ3n) is 4.67. The lowest BCUT2D eigenvalue weighted by Crippen LogP contribution is -2.29. The molecule has 1 amide bonds. The Morgan fingerprint density at radius 2 is 1.75 bits per heavy atom. The van der Waals surface area contributed by atoms with Gasteiger partial charge < -0.3 is 10.2 Å². The van der Waals surface area contributed by atoms with Gasteiger partial charge in [-0.3, -0.25) is 4.79 Å². The Morgan fingerprint density at radius 3 is 2.43 bits per heavy atom. The van der Waals surface area contributed by atoms with Gasteiger partial charge in [0.15, 0.2) is 0 Å². The Hall–Kier alpha value is -3.73. The van der Waals surface area contributed by atoms with Crippen LogP contribution in [0.5, 0.6) is 0 Å². The molecule has 1 saturated heterocycles. The van der Waals surface area contributed by atoms with Crippen LogP contribution in [0.1, 0.15) is 35.2 Å². The van der Waals surface area contributed by atoms with Crippen LogP contribution in [0, 0.1) is 11.3 Å². The third-order valence-corrected chi connectivity index (χ3v) is 4.67. The molecule has 4 rings (SSSR count). The standard InChI is InChI=1S/C20H19N7O/c21-10-15-4-6-16(7-5-15)19(28)25-17-11-24-27(14-17)20-22-12-18(13-23-20)26-8-2-1-3-9-26/h4-7,11-14H,1-3,8-9H2,(H,25,28). The first kappa shape index (κ1) is 17.7. The van der Waals surface area contributed by atoms with Crippen molar-refractivity contribution < 1.29 is 4.79 Å². The van der Waals surface area contributed by atoms with E-state index in [1.807, 2.05) is 18.5 Å². The van der Waals surface area contributed by atoms with Crippen LogP contribution >= 0.6 is 0 Å². The maximum Gasteiger partial charge on any atom is 0.255 e. The summed E-state index contributed by atoms with van der Waals surface area (Å²) in [5.41, 5.74) is 2.53. The zero-order chi connectivity index (χ0) is 19.3. The minimum Gasteiger partial charge on any atom is -0.369 e. The van der Waals surface area contributed by atoms with Gasteiger partial charge in [0.2, 0.25) is 0 Å². The van der Waals surface area contributed by atoms with Gasteiger partial charge in [-0.1, -0.05) is 0 Å². The summed E-state index contributed by atoms with van der Waals surface area (Å²) in [6.45, 7) is 2.08. The minimum atomic E-state index is -0.273. The predicted molar refractivity (Wildman–Crippen MR) is 104 cm³/mol. The first-order valence-electron chi connectivity index (χ1n) is 9.16. The third kappa shape index (κ3) is 3.83. The summed E-state index contributed by atoms with van der Waals surface area (Å²) in [6.07, 6.45) is 10.5. The lowest BCUT2D eigenvalue weighted by molar-refractivity contribution is 0.102. The van der Waals surface area contributed by atoms with Crippen LogP contribution in [0.4, 0.5) is 11.4 Å². The largest absolute Gasteiger partial charge is 0.369 e. The van der Waals surface area contributed by atoms with Crippen molar-refractivity contribution in [3.63, 3.8) is 0 Å². The van der Waals surface area contributed by atoms with E-state index in [1.54, 1.807) is 36.7 Å². The molecule has 3 heterocycles. The second-order valence-corrected chi connectivity index (χ2v) is 6.61. The number of amides is 1. The van der Waals surface area contributed by atoms with Crippen molar-refractivity contribution in [2.45, 2.75) is 19.3 Å². The predicted octanol–water partition coefficient (Wildman–Crippen LogP) is 2.78. The number of carbonyl (C=O) groups excluding carboxylic acids is 1. The van der Waals surface area contributed by atoms with Crippen molar-refractivity contribution in [1.29, 1.82) is 5.26 Å². The molecule has 1 aromatic carbocycles. The van der Waals surface area contributed by atoms with Crippen LogP contribution in [-0.2, 0) is 0 Å². The van der Waals surface area contributed by atoms with E-state index in [2.05, 4.69) is 25.3 Å². The second-order valence-electron chi connectivity index (χ2n) is 6.61. The Kier molecular flexibility index (Phi) is 4.97. The van der Waals surface area contributed by atoms with Crippen molar-refractivity contribution in [3.8, 4) is 12.0 Å². The lowest BCUT2D eigenvalue weighted by Gasteiger charge is -2.28. The van der Waals surface area contributed by atoms with E-state index in [1.165, 1.54) is 23.9 Å². The number of rotatable bonds is 4. The highest BCUT2D eigenvalue weighted by Gasteiger charge is 2.13. The monoisotopic (exact) mass is 373 g/mol. The average molecular weight is 373 g/mol. The second kappa shape index (κ2) is 7.88. The molecule has 0 spiro atoms. The van der Waals surface area contributed by atoms with E-state index in [-0.39, 0.29) is 5.91 Å². The van der Waals surface area contributed by atoms with E-state index in [4.69, 9.17) is 5.26 Å². The van der Waals surface area contributed by atoms with Crippen molar-refractivity contribution in [3.05, 3.63) is 60.2 Å². The Labute approximate surface area is 162 Å². The minimum absolute atomic E-state index is 0.273. The number of hydrogen-bond donors (Lipinski definition) is 1. The molecule has 0 radical (unpaired) electrons. The van der Waals surface area contributed by atoms with Crippen molar-refractivity contribution in [1.82, 2.24) is 19.7 Å². The first-order valence-corrected chi connectivity index (χ1v) is 9.16. The average Bonchev–Trinajstić information content (AvgIpc) is 3.23. The van der Waals surface area contributed by atoms with Crippen LogP contribution < -0.4 is 10.2 Å². The zero-order valence-corrected chi connectivity index (χ0v) is 15.2. The fraction of sp³-hybridized carbons (Fsp3) is 0.250. The van der Waals surface area contributed by atoms with E-state index in [0.717, 1.165) is 18.8 Å². The van der Waals surface area contributed by atoms with Crippen molar-refractivity contribution >= 4 is 17.3 Å². The lowest BCUT2D eigenvalue weighted by atomic mass is 10.1. The topological polar surface area (TPSA) is 99.7 Å². The summed E-state index contributed by atoms with van der Waals surface area (Å²) in [5.74, 6) is 0.171. The van der Waals surface area contributed by atoms with Crippen LogP contribution in [0.2, 0.25) is 0 Å². The Morgan fingerprint density at radius 1 is 1.04 bits per heavy atom. The van der Waals surface area contributed by atoms with Crippen LogP contribution in [0.15, 0.2) is 49.1 Å². The molecule has 0 aliphatic carbocycles. The molecule has 140 valence electrons. The number of nitrogens with one attached hydrogen (secondary N) is 1. The fourth-order valence-corrected chi connectivity index (χ4v) is 3.14. The van der Waals surface area contributed by atoms with Crippen molar-refractivity contribution in [2.24, 2.45) is 0 Å². The summed E-state index contributed by atoms with van der Waals surface area (Å²) in [7, 11) is 0. The molecule has 1 fully saturated rings. The van der Waals surface area contributed by atoms with Crippen LogP contribution in [0.25, 0.3) is 5.95 Å². The molecule has 0 saturated carbocycles. The molecular weight excluding hydrogens is 354 g/mol. The number of piperidine rings is 1. The van der Waals surface area contributed by atoms with Gasteiger partial charge in [0.05, 0.1) is 47.8 Å². The maximum atomic E-state index is 12.3. The molecule has 8 heteroatoms. The van der Waals surface area contributed by atoms with E-state index < -0.39 is 0 Å². The van der Waals surface area contributed by atoms with E-state index in [0.29, 0.717) is 22.8 Å². The molecule has 1 aliphatic heterocycles. The van der Waals surface area contributed by atoms with Gasteiger partial charge in [-0.2, -0.15) is 10.4 Å². The molecule has 1 aliphatic rings. The van der Waals surface area contributed by atoms with Gasteiger partial charge in [-0.25, -0.2) is 14.6 Å². The van der Waals surface area contributed by atoms with Gasteiger partial charge in [0.25, 0.3) is 11.9 Å². The van der Waals surface area contributed by atoms with Gasteiger partial charge >= 0.3 is 0 Å². The summed E-state index contributed by atoms with van der Waals surface area (Å²) >= 11 is 0. The van der Waals surface area contributed by atoms with Crippen LogP contribution in [-0.4, -0.2) is 38.7 Å². The molecule has 28 heavy (non-hydrogen) atoms. The summed E-state index contributed by atoms with van der Waals surface area (Å²) in [4.78, 5) is 23.4. The normalized spacial score (nSPS) is 13.8. The Bertz CT molecular complexity index is 996. The highest BCUT2D eigenvalue weighted by molar-refractivity contribution is 6.04. The SMILES string of the molecule is N#Cc1ccc(C(=O)Nc2cnn(-c3ncc(N4CCCCC4)cn3)c2)cc1. The van der Waals surface area contributed by atoms with Gasteiger partial charge in [-0.05, 0) is 43.5 Å². The van der Waals surface area contributed by atoms with Gasteiger partial charge in [-0.15, -0.1) is 0 Å². The summed E-state index contributed by atoms with van der Waals surface area (Å²) in [6, 6.07) is 8.47. The number of nitriles is 1. The number of nitrogens with zero attached hydrogens (tertiary/aromatic N) is 6. The van der Waals surface area contributed by atoms with Crippen LogP contribution in [0.3, 0.4) is 0 Å².